The van der Waals surface area contributed by atoms with Crippen LogP contribution in [0.1, 0.15) is 27.0 Å². The lowest BCUT2D eigenvalue weighted by Gasteiger charge is -2.27. The molecule has 212 valence electrons. The molecule has 0 spiro atoms. The first-order valence-corrected chi connectivity index (χ1v) is 13.1. The van der Waals surface area contributed by atoms with Gasteiger partial charge in [0.25, 0.3) is 0 Å². The number of hydrogen-bond acceptors (Lipinski definition) is 13. The van der Waals surface area contributed by atoms with Gasteiger partial charge in [0.15, 0.2) is 17.9 Å². The van der Waals surface area contributed by atoms with Gasteiger partial charge < -0.3 is 30.6 Å². The Morgan fingerprint density at radius 3 is 2.64 bits per heavy atom. The molecular formula is C23H29FN5O9P. The number of carbonyl (C=O) groups is 1. The number of ether oxygens (including phenoxy) is 2. The van der Waals surface area contributed by atoms with Crippen LogP contribution in [0.15, 0.2) is 41.5 Å². The Kier molecular flexibility index (Phi) is 9.78. The number of nitrogens with zero attached hydrogens (tertiary/aromatic N) is 3. The fourth-order valence-corrected chi connectivity index (χ4v) is 4.83. The normalized spacial score (nSPS) is 24.8. The summed E-state index contributed by atoms with van der Waals surface area (Å²) in [6, 6.07) is 7.83. The number of carbonyl (C=O) groups excluding carboxylic acids is 1. The largest absolute Gasteiger partial charge is 0.530 e. The van der Waals surface area contributed by atoms with E-state index in [1.807, 2.05) is 0 Å². The number of aliphatic hydroxyl groups is 1. The highest BCUT2D eigenvalue weighted by molar-refractivity contribution is 7.49. The minimum absolute atomic E-state index is 0.0867. The van der Waals surface area contributed by atoms with Crippen LogP contribution in [0.4, 0.5) is 10.3 Å². The number of para-hydroxylation sites is 1. The molecule has 5 N–H and O–H groups in total. The highest BCUT2D eigenvalue weighted by Gasteiger charge is 2.55. The highest BCUT2D eigenvalue weighted by Crippen LogP contribution is 2.51. The zero-order valence-corrected chi connectivity index (χ0v) is 22.2. The lowest BCUT2D eigenvalue weighted by atomic mass is 9.91. The molecule has 16 heteroatoms. The average molecular weight is 569 g/mol. The molecule has 0 bridgehead atoms. The van der Waals surface area contributed by atoms with Gasteiger partial charge in [0, 0.05) is 0 Å². The second kappa shape index (κ2) is 12.6. The summed E-state index contributed by atoms with van der Waals surface area (Å²) >= 11 is 0. The fourth-order valence-electron chi connectivity index (χ4n) is 3.49. The van der Waals surface area contributed by atoms with Crippen molar-refractivity contribution >= 4 is 19.7 Å². The number of nitrogen functional groups attached to an aromatic ring is 1. The molecule has 0 amide bonds. The van der Waals surface area contributed by atoms with Crippen molar-refractivity contribution in [2.75, 3.05) is 19.0 Å². The highest BCUT2D eigenvalue weighted by atomic mass is 31.2. The van der Waals surface area contributed by atoms with E-state index in [2.05, 4.69) is 21.8 Å². The third-order valence-electron chi connectivity index (χ3n) is 5.25. The number of alkyl halides is 1. The molecule has 2 aromatic rings. The number of phosphoric acid groups is 1. The average Bonchev–Trinajstić information content (AvgIpc) is 3.11. The van der Waals surface area contributed by atoms with Crippen LogP contribution < -0.4 is 21.7 Å². The maximum atomic E-state index is 13.6. The molecule has 6 atom stereocenters. The van der Waals surface area contributed by atoms with Crippen molar-refractivity contribution in [3.63, 3.8) is 0 Å². The predicted octanol–water partition coefficient (Wildman–Crippen LogP) is 0.710. The second-order valence-electron chi connectivity index (χ2n) is 8.63. The van der Waals surface area contributed by atoms with Gasteiger partial charge in [-0.15, -0.1) is 0 Å². The standard InChI is InChI=1S/C23H29FN5O9P/c1-14(2)35-19(31)15(3)37-39(33,38-16-8-5-4-6-9-16)34-12-17-18(30)23(26,10-7-11-24)20(36-17)29-13-27-21(25)28-22(29)32/h4-6,8-9,13-15,17-18,20,30H,11-12,26H2,1-3H3,(H2,25,28,32)/t15-,17+,18-,20+,23?,39-/m0/s1. The van der Waals surface area contributed by atoms with E-state index in [0.29, 0.717) is 0 Å². The Balaban J connectivity index is 1.88. The van der Waals surface area contributed by atoms with Crippen molar-refractivity contribution in [1.29, 1.82) is 0 Å². The molecule has 1 aromatic heterocycles. The summed E-state index contributed by atoms with van der Waals surface area (Å²) in [4.78, 5) is 31.9. The molecule has 0 radical (unpaired) electrons. The number of aliphatic hydroxyl groups excluding tert-OH is 1. The van der Waals surface area contributed by atoms with E-state index in [0.717, 1.165) is 10.9 Å². The van der Waals surface area contributed by atoms with Crippen molar-refractivity contribution in [3.8, 4) is 17.6 Å². The smallest absolute Gasteiger partial charge is 0.461 e. The Hall–Kier alpha value is -3.38. The topological polar surface area (TPSA) is 200 Å². The Morgan fingerprint density at radius 2 is 2.03 bits per heavy atom. The van der Waals surface area contributed by atoms with Crippen LogP contribution in [0.5, 0.6) is 5.75 Å². The van der Waals surface area contributed by atoms with Crippen LogP contribution >= 0.6 is 7.82 Å². The van der Waals surface area contributed by atoms with E-state index in [1.165, 1.54) is 19.1 Å². The fraction of sp³-hybridized carbons (Fsp3) is 0.478. The summed E-state index contributed by atoms with van der Waals surface area (Å²) in [6.45, 7) is 2.74. The SMILES string of the molecule is CC(C)OC(=O)[C@H](C)O[P@](=O)(OC[C@H]1O[C@@H](n2cnc(N)nc2=O)C(N)(C#CCF)[C@H]1O)Oc1ccccc1. The van der Waals surface area contributed by atoms with E-state index in [4.69, 9.17) is 34.5 Å². The number of rotatable bonds is 10. The molecule has 14 nitrogen and oxygen atoms in total. The first-order valence-electron chi connectivity index (χ1n) is 11.7. The van der Waals surface area contributed by atoms with Crippen molar-refractivity contribution in [3.05, 3.63) is 47.1 Å². The van der Waals surface area contributed by atoms with Gasteiger partial charge in [0.1, 0.15) is 31.0 Å². The summed E-state index contributed by atoms with van der Waals surface area (Å²) in [6.07, 6.45) is -5.51. The molecular weight excluding hydrogens is 540 g/mol. The molecule has 2 heterocycles. The molecule has 0 saturated carbocycles. The zero-order valence-electron chi connectivity index (χ0n) is 21.3. The number of halogens is 1. The number of benzene rings is 1. The van der Waals surface area contributed by atoms with Gasteiger partial charge in [0.05, 0.1) is 12.7 Å². The zero-order chi connectivity index (χ0) is 28.8. The van der Waals surface area contributed by atoms with Crippen LogP contribution in [0.3, 0.4) is 0 Å². The number of nitrogens with two attached hydrogens (primary N) is 2. The lowest BCUT2D eigenvalue weighted by Crippen LogP contribution is -2.55. The second-order valence-corrected chi connectivity index (χ2v) is 10.2. The number of phosphoric ester groups is 1. The summed E-state index contributed by atoms with van der Waals surface area (Å²) in [5.74, 6) is 3.41. The number of anilines is 1. The third-order valence-corrected chi connectivity index (χ3v) is 6.73. The maximum absolute atomic E-state index is 13.6. The van der Waals surface area contributed by atoms with Gasteiger partial charge in [0.2, 0.25) is 5.95 Å². The Bertz CT molecular complexity index is 1320. The van der Waals surface area contributed by atoms with Gasteiger partial charge in [-0.1, -0.05) is 30.0 Å². The quantitative estimate of drug-likeness (QED) is 0.205. The maximum Gasteiger partial charge on any atom is 0.530 e. The molecule has 1 unspecified atom stereocenters. The van der Waals surface area contributed by atoms with Gasteiger partial charge in [-0.2, -0.15) is 4.98 Å². The molecule has 1 saturated heterocycles. The molecule has 1 aliphatic heterocycles. The molecule has 1 fully saturated rings. The Morgan fingerprint density at radius 1 is 1.33 bits per heavy atom. The molecule has 39 heavy (non-hydrogen) atoms. The minimum Gasteiger partial charge on any atom is -0.461 e. The molecule has 3 rings (SSSR count). The Labute approximate surface area is 223 Å². The first-order chi connectivity index (χ1) is 18.4. The van der Waals surface area contributed by atoms with E-state index in [9.17, 15) is 23.7 Å². The van der Waals surface area contributed by atoms with Gasteiger partial charge in [-0.3, -0.25) is 13.6 Å². The summed E-state index contributed by atoms with van der Waals surface area (Å²) < 4.78 is 54.4. The van der Waals surface area contributed by atoms with E-state index in [-0.39, 0.29) is 11.7 Å². The van der Waals surface area contributed by atoms with E-state index in [1.54, 1.807) is 32.0 Å². The number of esters is 1. The summed E-state index contributed by atoms with van der Waals surface area (Å²) in [5, 5.41) is 11.0. The lowest BCUT2D eigenvalue weighted by molar-refractivity contribution is -0.156. The van der Waals surface area contributed by atoms with Crippen molar-refractivity contribution in [1.82, 2.24) is 14.5 Å². The number of aromatic nitrogens is 3. The van der Waals surface area contributed by atoms with Gasteiger partial charge >= 0.3 is 19.5 Å². The van der Waals surface area contributed by atoms with Gasteiger partial charge in [-0.25, -0.2) is 23.5 Å². The summed E-state index contributed by atoms with van der Waals surface area (Å²) in [7, 11) is -4.58. The van der Waals surface area contributed by atoms with Crippen LogP contribution in [0.25, 0.3) is 0 Å². The third kappa shape index (κ3) is 7.39. The molecule has 1 aromatic carbocycles. The predicted molar refractivity (Wildman–Crippen MR) is 134 cm³/mol. The first kappa shape index (κ1) is 30.2. The van der Waals surface area contributed by atoms with Crippen molar-refractivity contribution in [2.24, 2.45) is 5.73 Å². The molecule has 1 aliphatic rings. The van der Waals surface area contributed by atoms with Gasteiger partial charge in [-0.05, 0) is 32.9 Å². The van der Waals surface area contributed by atoms with E-state index >= 15 is 0 Å². The van der Waals surface area contributed by atoms with Crippen LogP contribution in [-0.4, -0.2) is 68.8 Å². The van der Waals surface area contributed by atoms with Crippen LogP contribution in [-0.2, 0) is 27.9 Å². The summed E-state index contributed by atoms with van der Waals surface area (Å²) in [5.41, 5.74) is 8.72. The monoisotopic (exact) mass is 569 g/mol. The van der Waals surface area contributed by atoms with E-state index < -0.39 is 68.9 Å². The van der Waals surface area contributed by atoms with Crippen LogP contribution in [0, 0.1) is 11.8 Å². The number of hydrogen-bond donors (Lipinski definition) is 3. The van der Waals surface area contributed by atoms with Crippen molar-refractivity contribution in [2.45, 2.75) is 57.0 Å². The van der Waals surface area contributed by atoms with Crippen molar-refractivity contribution < 1.29 is 41.9 Å². The van der Waals surface area contributed by atoms with Crippen LogP contribution in [0.2, 0.25) is 0 Å². The molecule has 0 aliphatic carbocycles. The minimum atomic E-state index is -4.58.